The summed E-state index contributed by atoms with van der Waals surface area (Å²) in [6.07, 6.45) is 5.89. The van der Waals surface area contributed by atoms with Gasteiger partial charge in [0.2, 0.25) is 17.5 Å². The van der Waals surface area contributed by atoms with Crippen molar-refractivity contribution in [1.82, 2.24) is 4.98 Å². The van der Waals surface area contributed by atoms with Gasteiger partial charge in [-0.15, -0.1) is 0 Å². The molecule has 1 unspecified atom stereocenters. The molecule has 3 rings (SSSR count). The predicted octanol–water partition coefficient (Wildman–Crippen LogP) is 3.71. The van der Waals surface area contributed by atoms with Crippen LogP contribution in [0, 0.1) is 11.3 Å². The second kappa shape index (κ2) is 8.36. The van der Waals surface area contributed by atoms with Crippen molar-refractivity contribution < 1.29 is 13.9 Å². The van der Waals surface area contributed by atoms with Crippen molar-refractivity contribution in [1.29, 1.82) is 5.26 Å². The van der Waals surface area contributed by atoms with Gasteiger partial charge >= 0.3 is 0 Å². The third kappa shape index (κ3) is 4.61. The van der Waals surface area contributed by atoms with Gasteiger partial charge in [-0.3, -0.25) is 0 Å². The molecule has 1 aliphatic rings. The van der Waals surface area contributed by atoms with Crippen LogP contribution < -0.4 is 10.1 Å². The third-order valence-corrected chi connectivity index (χ3v) is 3.87. The summed E-state index contributed by atoms with van der Waals surface area (Å²) >= 11 is 0. The molecule has 1 aromatic carbocycles. The summed E-state index contributed by atoms with van der Waals surface area (Å²) in [5.41, 5.74) is 1.25. The van der Waals surface area contributed by atoms with Crippen LogP contribution in [0.1, 0.15) is 36.9 Å². The Bertz CT molecular complexity index is 753. The first-order valence-corrected chi connectivity index (χ1v) is 8.46. The molecule has 0 spiro atoms. The van der Waals surface area contributed by atoms with Crippen molar-refractivity contribution in [2.24, 2.45) is 0 Å². The molecule has 2 aromatic rings. The number of hydrogen-bond donors (Lipinski definition) is 1. The van der Waals surface area contributed by atoms with E-state index >= 15 is 0 Å². The second-order valence-corrected chi connectivity index (χ2v) is 5.69. The monoisotopic (exact) mass is 339 g/mol. The first-order chi connectivity index (χ1) is 12.3. The van der Waals surface area contributed by atoms with Crippen LogP contribution in [0.4, 0.5) is 5.88 Å². The minimum Gasteiger partial charge on any atom is -0.494 e. The third-order valence-electron chi connectivity index (χ3n) is 3.87. The van der Waals surface area contributed by atoms with E-state index in [4.69, 9.17) is 13.9 Å². The normalized spacial score (nSPS) is 16.9. The highest BCUT2D eigenvalue weighted by molar-refractivity contribution is 5.67. The molecule has 6 nitrogen and oxygen atoms in total. The van der Waals surface area contributed by atoms with Gasteiger partial charge in [-0.2, -0.15) is 10.2 Å². The Labute approximate surface area is 147 Å². The molecule has 0 aliphatic carbocycles. The number of oxazole rings is 1. The van der Waals surface area contributed by atoms with E-state index in [9.17, 15) is 5.26 Å². The fourth-order valence-corrected chi connectivity index (χ4v) is 2.62. The molecule has 1 fully saturated rings. The molecule has 1 aliphatic heterocycles. The van der Waals surface area contributed by atoms with Gasteiger partial charge in [-0.25, -0.2) is 0 Å². The smallest absolute Gasteiger partial charge is 0.232 e. The van der Waals surface area contributed by atoms with Crippen molar-refractivity contribution in [2.45, 2.75) is 25.9 Å². The molecular formula is C19H21N3O3. The highest BCUT2D eigenvalue weighted by Gasteiger charge is 2.17. The Hall–Kier alpha value is -2.78. The minimum absolute atomic E-state index is 0.166. The lowest BCUT2D eigenvalue weighted by molar-refractivity contribution is 0.120. The van der Waals surface area contributed by atoms with E-state index in [0.29, 0.717) is 24.9 Å². The summed E-state index contributed by atoms with van der Waals surface area (Å²) in [4.78, 5) is 4.19. The van der Waals surface area contributed by atoms with E-state index in [0.717, 1.165) is 30.8 Å². The maximum absolute atomic E-state index is 9.21. The van der Waals surface area contributed by atoms with Gasteiger partial charge in [0.25, 0.3) is 0 Å². The molecule has 0 amide bonds. The lowest BCUT2D eigenvalue weighted by Crippen LogP contribution is -2.18. The van der Waals surface area contributed by atoms with Crippen LogP contribution in [0.15, 0.2) is 28.7 Å². The Morgan fingerprint density at radius 3 is 2.88 bits per heavy atom. The SMILES string of the molecule is CCOc1ccc(/C=C/c2nc(C#N)c(NCC3CCCO3)o2)cc1. The molecule has 1 saturated heterocycles. The highest BCUT2D eigenvalue weighted by atomic mass is 16.5. The number of ether oxygens (including phenoxy) is 2. The Morgan fingerprint density at radius 1 is 1.36 bits per heavy atom. The Kier molecular flexibility index (Phi) is 5.70. The van der Waals surface area contributed by atoms with Gasteiger partial charge < -0.3 is 19.2 Å². The largest absolute Gasteiger partial charge is 0.494 e. The molecule has 25 heavy (non-hydrogen) atoms. The van der Waals surface area contributed by atoms with Crippen LogP contribution in [0.5, 0.6) is 5.75 Å². The molecule has 2 heterocycles. The number of aromatic nitrogens is 1. The fraction of sp³-hybridized carbons (Fsp3) is 0.368. The number of nitrogens with one attached hydrogen (secondary N) is 1. The molecule has 0 saturated carbocycles. The number of hydrogen-bond acceptors (Lipinski definition) is 6. The van der Waals surface area contributed by atoms with Crippen LogP contribution in [-0.4, -0.2) is 30.8 Å². The quantitative estimate of drug-likeness (QED) is 0.828. The molecule has 1 atom stereocenters. The minimum atomic E-state index is 0.166. The van der Waals surface area contributed by atoms with Crippen molar-refractivity contribution in [3.8, 4) is 11.8 Å². The highest BCUT2D eigenvalue weighted by Crippen LogP contribution is 2.20. The molecule has 1 N–H and O–H groups in total. The number of nitrogens with zero attached hydrogens (tertiary/aromatic N) is 2. The van der Waals surface area contributed by atoms with E-state index in [2.05, 4.69) is 16.4 Å². The topological polar surface area (TPSA) is 80.3 Å². The lowest BCUT2D eigenvalue weighted by Gasteiger charge is -2.09. The molecule has 1 aromatic heterocycles. The van der Waals surface area contributed by atoms with Gasteiger partial charge in [0.1, 0.15) is 11.8 Å². The summed E-state index contributed by atoms with van der Waals surface area (Å²) < 4.78 is 16.6. The van der Waals surface area contributed by atoms with Gasteiger partial charge in [0, 0.05) is 19.2 Å². The van der Waals surface area contributed by atoms with Gasteiger partial charge in [-0.1, -0.05) is 12.1 Å². The van der Waals surface area contributed by atoms with E-state index in [-0.39, 0.29) is 11.8 Å². The van der Waals surface area contributed by atoms with Crippen LogP contribution in [-0.2, 0) is 4.74 Å². The molecular weight excluding hydrogens is 318 g/mol. The standard InChI is InChI=1S/C19H21N3O3/c1-2-23-15-8-5-14(6-9-15)7-10-18-22-17(12-20)19(25-18)21-13-16-4-3-11-24-16/h5-10,16,21H,2-4,11,13H2,1H3/b10-7+. The average Bonchev–Trinajstić information content (AvgIpc) is 3.29. The zero-order chi connectivity index (χ0) is 17.5. The summed E-state index contributed by atoms with van der Waals surface area (Å²) in [7, 11) is 0. The fourth-order valence-electron chi connectivity index (χ4n) is 2.62. The van der Waals surface area contributed by atoms with Crippen molar-refractivity contribution in [3.05, 3.63) is 41.4 Å². The first kappa shape index (κ1) is 17.1. The van der Waals surface area contributed by atoms with Crippen LogP contribution in [0.25, 0.3) is 12.2 Å². The molecule has 130 valence electrons. The lowest BCUT2D eigenvalue weighted by atomic mass is 10.2. The molecule has 0 bridgehead atoms. The summed E-state index contributed by atoms with van der Waals surface area (Å²) in [6.45, 7) is 4.01. The summed E-state index contributed by atoms with van der Waals surface area (Å²) in [5, 5.41) is 12.3. The van der Waals surface area contributed by atoms with E-state index in [1.807, 2.05) is 37.3 Å². The van der Waals surface area contributed by atoms with Gasteiger partial charge in [0.15, 0.2) is 0 Å². The second-order valence-electron chi connectivity index (χ2n) is 5.69. The van der Waals surface area contributed by atoms with E-state index < -0.39 is 0 Å². The van der Waals surface area contributed by atoms with Crippen LogP contribution in [0.2, 0.25) is 0 Å². The Balaban J connectivity index is 1.64. The van der Waals surface area contributed by atoms with E-state index in [1.54, 1.807) is 6.08 Å². The van der Waals surface area contributed by atoms with Crippen molar-refractivity contribution in [3.63, 3.8) is 0 Å². The average molecular weight is 339 g/mol. The first-order valence-electron chi connectivity index (χ1n) is 8.46. The van der Waals surface area contributed by atoms with Crippen LogP contribution >= 0.6 is 0 Å². The van der Waals surface area contributed by atoms with Gasteiger partial charge in [-0.05, 0) is 43.5 Å². The zero-order valence-corrected chi connectivity index (χ0v) is 14.2. The van der Waals surface area contributed by atoms with E-state index in [1.165, 1.54) is 0 Å². The maximum Gasteiger partial charge on any atom is 0.232 e. The maximum atomic E-state index is 9.21. The van der Waals surface area contributed by atoms with Crippen molar-refractivity contribution in [2.75, 3.05) is 25.1 Å². The van der Waals surface area contributed by atoms with Crippen LogP contribution in [0.3, 0.4) is 0 Å². The number of benzene rings is 1. The van der Waals surface area contributed by atoms with Gasteiger partial charge in [0.05, 0.1) is 12.7 Å². The molecule has 0 radical (unpaired) electrons. The number of nitriles is 1. The molecule has 6 heteroatoms. The number of rotatable bonds is 7. The predicted molar refractivity (Wildman–Crippen MR) is 95.2 cm³/mol. The Morgan fingerprint density at radius 2 is 2.20 bits per heavy atom. The number of anilines is 1. The summed E-state index contributed by atoms with van der Waals surface area (Å²) in [5.74, 6) is 1.62. The van der Waals surface area contributed by atoms with Crippen molar-refractivity contribution >= 4 is 18.0 Å². The summed E-state index contributed by atoms with van der Waals surface area (Å²) in [6, 6.07) is 9.78. The zero-order valence-electron chi connectivity index (χ0n) is 14.2.